The van der Waals surface area contributed by atoms with Gasteiger partial charge in [-0.3, -0.25) is 0 Å². The Morgan fingerprint density at radius 3 is 1.85 bits per heavy atom. The Morgan fingerprint density at radius 2 is 1.35 bits per heavy atom. The number of aryl methyl sites for hydroxylation is 3. The van der Waals surface area contributed by atoms with Crippen LogP contribution in [0, 0.1) is 20.8 Å². The summed E-state index contributed by atoms with van der Waals surface area (Å²) < 4.78 is 10.8. The van der Waals surface area contributed by atoms with Crippen LogP contribution in [-0.4, -0.2) is 14.2 Å². The van der Waals surface area contributed by atoms with Crippen LogP contribution in [-0.2, 0) is 0 Å². The zero-order chi connectivity index (χ0) is 14.9. The normalized spacial score (nSPS) is 10.4. The standard InChI is InChI=1S/C17H21NO2/c1-10-6-11(2)17(12(3)7-10)13-8-14(18)16(20-5)9-15(13)19-4/h6-9H,18H2,1-5H3. The van der Waals surface area contributed by atoms with Crippen molar-refractivity contribution in [3.05, 3.63) is 41.0 Å². The van der Waals surface area contributed by atoms with Crippen LogP contribution in [0.25, 0.3) is 11.1 Å². The van der Waals surface area contributed by atoms with Gasteiger partial charge < -0.3 is 15.2 Å². The molecule has 0 radical (unpaired) electrons. The van der Waals surface area contributed by atoms with Gasteiger partial charge in [0.15, 0.2) is 0 Å². The maximum absolute atomic E-state index is 6.04. The Bertz CT molecular complexity index is 625. The monoisotopic (exact) mass is 271 g/mol. The van der Waals surface area contributed by atoms with Gasteiger partial charge in [0.05, 0.1) is 19.9 Å². The molecule has 2 N–H and O–H groups in total. The van der Waals surface area contributed by atoms with Gasteiger partial charge in [0.1, 0.15) is 11.5 Å². The summed E-state index contributed by atoms with van der Waals surface area (Å²) in [5.41, 5.74) is 12.5. The van der Waals surface area contributed by atoms with Crippen LogP contribution >= 0.6 is 0 Å². The smallest absolute Gasteiger partial charge is 0.145 e. The Hall–Kier alpha value is -2.16. The summed E-state index contributed by atoms with van der Waals surface area (Å²) in [5, 5.41) is 0. The fourth-order valence-corrected chi connectivity index (χ4v) is 2.72. The van der Waals surface area contributed by atoms with E-state index in [2.05, 4.69) is 32.9 Å². The number of nitrogens with two attached hydrogens (primary N) is 1. The van der Waals surface area contributed by atoms with E-state index in [1.807, 2.05) is 12.1 Å². The van der Waals surface area contributed by atoms with Gasteiger partial charge in [-0.15, -0.1) is 0 Å². The maximum Gasteiger partial charge on any atom is 0.145 e. The van der Waals surface area contributed by atoms with E-state index in [0.717, 1.165) is 11.3 Å². The molecule has 0 bridgehead atoms. The quantitative estimate of drug-likeness (QED) is 0.862. The van der Waals surface area contributed by atoms with E-state index in [1.165, 1.54) is 22.3 Å². The third-order valence-electron chi connectivity index (χ3n) is 3.50. The van der Waals surface area contributed by atoms with Gasteiger partial charge in [-0.05, 0) is 43.5 Å². The highest BCUT2D eigenvalue weighted by molar-refractivity contribution is 5.81. The topological polar surface area (TPSA) is 44.5 Å². The van der Waals surface area contributed by atoms with Crippen molar-refractivity contribution in [1.29, 1.82) is 0 Å². The first kappa shape index (κ1) is 14.3. The van der Waals surface area contributed by atoms with Crippen molar-refractivity contribution >= 4 is 5.69 Å². The first-order chi connectivity index (χ1) is 9.47. The van der Waals surface area contributed by atoms with Gasteiger partial charge in [-0.25, -0.2) is 0 Å². The fourth-order valence-electron chi connectivity index (χ4n) is 2.72. The lowest BCUT2D eigenvalue weighted by atomic mass is 9.93. The van der Waals surface area contributed by atoms with Crippen LogP contribution in [0.3, 0.4) is 0 Å². The van der Waals surface area contributed by atoms with Crippen LogP contribution in [0.15, 0.2) is 24.3 Å². The molecule has 0 spiro atoms. The predicted octanol–water partition coefficient (Wildman–Crippen LogP) is 3.88. The molecule has 0 aliphatic heterocycles. The van der Waals surface area contributed by atoms with E-state index in [0.29, 0.717) is 11.4 Å². The molecule has 0 aliphatic rings. The Morgan fingerprint density at radius 1 is 0.800 bits per heavy atom. The molecule has 3 heteroatoms. The summed E-state index contributed by atoms with van der Waals surface area (Å²) in [5.74, 6) is 1.40. The number of anilines is 1. The van der Waals surface area contributed by atoms with Crippen LogP contribution in [0.4, 0.5) is 5.69 Å². The molecule has 2 aromatic rings. The number of nitrogen functional groups attached to an aromatic ring is 1. The largest absolute Gasteiger partial charge is 0.496 e. The van der Waals surface area contributed by atoms with E-state index in [4.69, 9.17) is 15.2 Å². The lowest BCUT2D eigenvalue weighted by Crippen LogP contribution is -1.98. The molecule has 0 heterocycles. The van der Waals surface area contributed by atoms with Crippen molar-refractivity contribution in [2.75, 3.05) is 20.0 Å². The SMILES string of the molecule is COc1cc(OC)c(-c2c(C)cc(C)cc2C)cc1N. The highest BCUT2D eigenvalue weighted by Crippen LogP contribution is 2.40. The Kier molecular flexibility index (Phi) is 3.89. The number of rotatable bonds is 3. The van der Waals surface area contributed by atoms with Crippen molar-refractivity contribution < 1.29 is 9.47 Å². The van der Waals surface area contributed by atoms with Crippen LogP contribution < -0.4 is 15.2 Å². The minimum absolute atomic E-state index is 0.614. The van der Waals surface area contributed by atoms with E-state index >= 15 is 0 Å². The number of benzene rings is 2. The molecular formula is C17H21NO2. The molecule has 0 atom stereocenters. The molecule has 0 saturated carbocycles. The predicted molar refractivity (Wildman–Crippen MR) is 83.6 cm³/mol. The molecule has 0 fully saturated rings. The molecule has 20 heavy (non-hydrogen) atoms. The summed E-state index contributed by atoms with van der Waals surface area (Å²) in [6.45, 7) is 6.31. The van der Waals surface area contributed by atoms with Gasteiger partial charge in [0.25, 0.3) is 0 Å². The van der Waals surface area contributed by atoms with Gasteiger partial charge in [0.2, 0.25) is 0 Å². The number of hydrogen-bond donors (Lipinski definition) is 1. The van der Waals surface area contributed by atoms with Crippen molar-refractivity contribution in [2.24, 2.45) is 0 Å². The summed E-state index contributed by atoms with van der Waals surface area (Å²) in [6.07, 6.45) is 0. The highest BCUT2D eigenvalue weighted by Gasteiger charge is 2.15. The molecule has 3 nitrogen and oxygen atoms in total. The minimum atomic E-state index is 0.614. The van der Waals surface area contributed by atoms with Crippen LogP contribution in [0.1, 0.15) is 16.7 Å². The lowest BCUT2D eigenvalue weighted by molar-refractivity contribution is 0.397. The van der Waals surface area contributed by atoms with E-state index in [1.54, 1.807) is 14.2 Å². The average molecular weight is 271 g/mol. The second kappa shape index (κ2) is 5.45. The number of ether oxygens (including phenoxy) is 2. The molecule has 0 aromatic heterocycles. The molecule has 0 aliphatic carbocycles. The fraction of sp³-hybridized carbons (Fsp3) is 0.294. The molecule has 0 unspecified atom stereocenters. The first-order valence-electron chi connectivity index (χ1n) is 6.57. The first-order valence-corrected chi connectivity index (χ1v) is 6.57. The zero-order valence-electron chi connectivity index (χ0n) is 12.7. The maximum atomic E-state index is 6.04. The van der Waals surface area contributed by atoms with Crippen molar-refractivity contribution in [3.8, 4) is 22.6 Å². The molecular weight excluding hydrogens is 250 g/mol. The van der Waals surface area contributed by atoms with E-state index in [-0.39, 0.29) is 0 Å². The molecule has 0 amide bonds. The second-order valence-corrected chi connectivity index (χ2v) is 5.07. The van der Waals surface area contributed by atoms with Crippen molar-refractivity contribution in [1.82, 2.24) is 0 Å². The molecule has 2 aromatic carbocycles. The number of hydrogen-bond acceptors (Lipinski definition) is 3. The van der Waals surface area contributed by atoms with Crippen molar-refractivity contribution in [2.45, 2.75) is 20.8 Å². The Labute approximate surface area is 120 Å². The summed E-state index contributed by atoms with van der Waals surface area (Å²) in [4.78, 5) is 0. The van der Waals surface area contributed by atoms with Crippen molar-refractivity contribution in [3.63, 3.8) is 0 Å². The minimum Gasteiger partial charge on any atom is -0.496 e. The van der Waals surface area contributed by atoms with E-state index < -0.39 is 0 Å². The zero-order valence-corrected chi connectivity index (χ0v) is 12.7. The molecule has 2 rings (SSSR count). The third kappa shape index (κ3) is 2.44. The van der Waals surface area contributed by atoms with E-state index in [9.17, 15) is 0 Å². The van der Waals surface area contributed by atoms with Gasteiger partial charge in [0, 0.05) is 11.6 Å². The second-order valence-electron chi connectivity index (χ2n) is 5.07. The summed E-state index contributed by atoms with van der Waals surface area (Å²) >= 11 is 0. The lowest BCUT2D eigenvalue weighted by Gasteiger charge is -2.17. The third-order valence-corrected chi connectivity index (χ3v) is 3.50. The summed E-state index contributed by atoms with van der Waals surface area (Å²) in [7, 11) is 3.26. The molecule has 106 valence electrons. The highest BCUT2D eigenvalue weighted by atomic mass is 16.5. The van der Waals surface area contributed by atoms with Gasteiger partial charge in [-0.1, -0.05) is 17.7 Å². The van der Waals surface area contributed by atoms with Crippen LogP contribution in [0.5, 0.6) is 11.5 Å². The Balaban J connectivity index is 2.72. The molecule has 0 saturated heterocycles. The average Bonchev–Trinajstić information content (AvgIpc) is 2.37. The summed E-state index contributed by atoms with van der Waals surface area (Å²) in [6, 6.07) is 8.09. The van der Waals surface area contributed by atoms with Crippen LogP contribution in [0.2, 0.25) is 0 Å². The van der Waals surface area contributed by atoms with Gasteiger partial charge >= 0.3 is 0 Å². The van der Waals surface area contributed by atoms with Gasteiger partial charge in [-0.2, -0.15) is 0 Å². The number of methoxy groups -OCH3 is 2.